The van der Waals surface area contributed by atoms with Gasteiger partial charge in [-0.3, -0.25) is 4.79 Å². The lowest BCUT2D eigenvalue weighted by Gasteiger charge is -2.09. The van der Waals surface area contributed by atoms with E-state index in [-0.39, 0.29) is 5.91 Å². The number of methoxy groups -OCH3 is 1. The maximum absolute atomic E-state index is 12.3. The van der Waals surface area contributed by atoms with E-state index < -0.39 is 0 Å². The van der Waals surface area contributed by atoms with Gasteiger partial charge in [0.05, 0.1) is 11.5 Å². The van der Waals surface area contributed by atoms with Gasteiger partial charge in [0.2, 0.25) is 0 Å². The van der Waals surface area contributed by atoms with Crippen molar-refractivity contribution in [3.05, 3.63) is 59.7 Å². The number of ether oxygens (including phenoxy) is 1. The van der Waals surface area contributed by atoms with Crippen LogP contribution in [0.25, 0.3) is 0 Å². The number of nitrogens with one attached hydrogen (secondary N) is 1. The number of hydrogen-bond donors (Lipinski definition) is 1. The number of amides is 1. The second kappa shape index (κ2) is 7.12. The molecule has 2 aromatic carbocycles. The number of hydrogen-bond acceptors (Lipinski definition) is 3. The molecule has 0 heterocycles. The van der Waals surface area contributed by atoms with Crippen LogP contribution in [0.3, 0.4) is 0 Å². The molecular weight excluding hydrogens is 270 g/mol. The molecule has 0 aliphatic heterocycles. The quantitative estimate of drug-likeness (QED) is 0.668. The zero-order valence-electron chi connectivity index (χ0n) is 11.6. The lowest BCUT2D eigenvalue weighted by Crippen LogP contribution is -2.13. The van der Waals surface area contributed by atoms with E-state index in [0.717, 1.165) is 10.6 Å². The molecule has 0 bridgehead atoms. The summed E-state index contributed by atoms with van der Waals surface area (Å²) in [7, 11) is 1.64. The smallest absolute Gasteiger partial charge is 0.256 e. The number of anilines is 1. The van der Waals surface area contributed by atoms with Crippen LogP contribution in [0.5, 0.6) is 0 Å². The third-order valence-corrected chi connectivity index (χ3v) is 3.79. The molecule has 0 unspecified atom stereocenters. The Kier molecular flexibility index (Phi) is 5.21. The highest BCUT2D eigenvalue weighted by molar-refractivity contribution is 7.99. The van der Waals surface area contributed by atoms with Crippen molar-refractivity contribution < 1.29 is 9.53 Å². The van der Waals surface area contributed by atoms with Crippen molar-refractivity contribution in [2.24, 2.45) is 0 Å². The second-order valence-corrected chi connectivity index (χ2v) is 5.33. The average Bonchev–Trinajstić information content (AvgIpc) is 2.47. The van der Waals surface area contributed by atoms with Crippen LogP contribution in [0.2, 0.25) is 0 Å². The van der Waals surface area contributed by atoms with E-state index in [9.17, 15) is 4.79 Å². The van der Waals surface area contributed by atoms with Crippen molar-refractivity contribution in [3.63, 3.8) is 0 Å². The summed E-state index contributed by atoms with van der Waals surface area (Å²) in [5.74, 6) is 0.419. The number of aryl methyl sites for hydroxylation is 1. The summed E-state index contributed by atoms with van der Waals surface area (Å²) in [6.45, 7) is 2.02. The fourth-order valence-electron chi connectivity index (χ4n) is 1.74. The Morgan fingerprint density at radius 3 is 2.55 bits per heavy atom. The summed E-state index contributed by atoms with van der Waals surface area (Å²) in [5.41, 5.74) is 2.63. The van der Waals surface area contributed by atoms with E-state index in [2.05, 4.69) is 5.32 Å². The number of carbonyl (C=O) groups is 1. The molecule has 0 spiro atoms. The molecular formula is C16H17NO2S. The van der Waals surface area contributed by atoms with Gasteiger partial charge in [-0.05, 0) is 31.2 Å². The van der Waals surface area contributed by atoms with Crippen molar-refractivity contribution in [2.75, 3.05) is 18.4 Å². The third kappa shape index (κ3) is 3.85. The first-order valence-electron chi connectivity index (χ1n) is 6.29. The van der Waals surface area contributed by atoms with Gasteiger partial charge in [0, 0.05) is 17.7 Å². The van der Waals surface area contributed by atoms with Crippen LogP contribution in [0.15, 0.2) is 53.4 Å². The van der Waals surface area contributed by atoms with Crippen molar-refractivity contribution >= 4 is 23.4 Å². The van der Waals surface area contributed by atoms with Gasteiger partial charge in [0.1, 0.15) is 0 Å². The monoisotopic (exact) mass is 287 g/mol. The van der Waals surface area contributed by atoms with E-state index in [1.54, 1.807) is 7.11 Å². The molecule has 2 rings (SSSR count). The van der Waals surface area contributed by atoms with E-state index in [1.807, 2.05) is 55.5 Å². The summed E-state index contributed by atoms with van der Waals surface area (Å²) in [6.07, 6.45) is 0. The SMILES string of the molecule is COCSc1ccccc1C(=O)Nc1ccc(C)cc1. The Morgan fingerprint density at radius 2 is 1.85 bits per heavy atom. The normalized spacial score (nSPS) is 10.3. The lowest BCUT2D eigenvalue weighted by molar-refractivity contribution is 0.102. The molecule has 4 heteroatoms. The minimum atomic E-state index is -0.104. The summed E-state index contributed by atoms with van der Waals surface area (Å²) < 4.78 is 5.04. The van der Waals surface area contributed by atoms with Gasteiger partial charge in [0.25, 0.3) is 5.91 Å². The summed E-state index contributed by atoms with van der Waals surface area (Å²) in [6, 6.07) is 15.3. The van der Waals surface area contributed by atoms with Crippen LogP contribution < -0.4 is 5.32 Å². The molecule has 0 atom stereocenters. The Labute approximate surface area is 123 Å². The number of rotatable bonds is 5. The Balaban J connectivity index is 2.14. The first kappa shape index (κ1) is 14.6. The van der Waals surface area contributed by atoms with Crippen LogP contribution in [-0.4, -0.2) is 19.0 Å². The molecule has 1 amide bonds. The molecule has 3 nitrogen and oxygen atoms in total. The summed E-state index contributed by atoms with van der Waals surface area (Å²) >= 11 is 1.51. The van der Waals surface area contributed by atoms with E-state index in [1.165, 1.54) is 17.3 Å². The molecule has 20 heavy (non-hydrogen) atoms. The standard InChI is InChI=1S/C16H17NO2S/c1-12-7-9-13(10-8-12)17-16(18)14-5-3-4-6-15(14)20-11-19-2/h3-10H,11H2,1-2H3,(H,17,18). The van der Waals surface area contributed by atoms with Gasteiger partial charge in [-0.25, -0.2) is 0 Å². The van der Waals surface area contributed by atoms with Crippen LogP contribution in [0.4, 0.5) is 5.69 Å². The topological polar surface area (TPSA) is 38.3 Å². The number of carbonyl (C=O) groups excluding carboxylic acids is 1. The number of thioether (sulfide) groups is 1. The van der Waals surface area contributed by atoms with Crippen molar-refractivity contribution in [1.82, 2.24) is 0 Å². The fraction of sp³-hybridized carbons (Fsp3) is 0.188. The van der Waals surface area contributed by atoms with E-state index in [0.29, 0.717) is 11.5 Å². The molecule has 0 fully saturated rings. The van der Waals surface area contributed by atoms with Crippen LogP contribution in [0.1, 0.15) is 15.9 Å². The summed E-state index contributed by atoms with van der Waals surface area (Å²) in [5, 5.41) is 2.91. The van der Waals surface area contributed by atoms with Crippen LogP contribution >= 0.6 is 11.8 Å². The Hall–Kier alpha value is -1.78. The first-order chi connectivity index (χ1) is 9.70. The van der Waals surface area contributed by atoms with Crippen molar-refractivity contribution in [1.29, 1.82) is 0 Å². The zero-order valence-corrected chi connectivity index (χ0v) is 12.4. The molecule has 0 aliphatic rings. The highest BCUT2D eigenvalue weighted by Crippen LogP contribution is 2.23. The highest BCUT2D eigenvalue weighted by Gasteiger charge is 2.11. The molecule has 1 N–H and O–H groups in total. The van der Waals surface area contributed by atoms with Gasteiger partial charge in [-0.2, -0.15) is 0 Å². The minimum absolute atomic E-state index is 0.104. The maximum Gasteiger partial charge on any atom is 0.256 e. The molecule has 0 aromatic heterocycles. The average molecular weight is 287 g/mol. The van der Waals surface area contributed by atoms with Crippen molar-refractivity contribution in [2.45, 2.75) is 11.8 Å². The van der Waals surface area contributed by atoms with Gasteiger partial charge in [-0.1, -0.05) is 41.6 Å². The van der Waals surface area contributed by atoms with Gasteiger partial charge >= 0.3 is 0 Å². The molecule has 0 radical (unpaired) electrons. The molecule has 0 saturated carbocycles. The van der Waals surface area contributed by atoms with Gasteiger partial charge in [0.15, 0.2) is 0 Å². The van der Waals surface area contributed by atoms with E-state index >= 15 is 0 Å². The number of benzene rings is 2. The predicted molar refractivity (Wildman–Crippen MR) is 83.3 cm³/mol. The first-order valence-corrected chi connectivity index (χ1v) is 7.28. The minimum Gasteiger partial charge on any atom is -0.374 e. The third-order valence-electron chi connectivity index (χ3n) is 2.77. The molecule has 0 saturated heterocycles. The Bertz CT molecular complexity index is 581. The fourth-order valence-corrected chi connectivity index (χ4v) is 2.47. The Morgan fingerprint density at radius 1 is 1.15 bits per heavy atom. The molecule has 104 valence electrons. The molecule has 0 aliphatic carbocycles. The van der Waals surface area contributed by atoms with Gasteiger partial charge < -0.3 is 10.1 Å². The van der Waals surface area contributed by atoms with Crippen molar-refractivity contribution in [3.8, 4) is 0 Å². The highest BCUT2D eigenvalue weighted by atomic mass is 32.2. The van der Waals surface area contributed by atoms with Gasteiger partial charge in [-0.15, -0.1) is 0 Å². The second-order valence-electron chi connectivity index (χ2n) is 4.37. The largest absolute Gasteiger partial charge is 0.374 e. The van der Waals surface area contributed by atoms with Crippen LogP contribution in [0, 0.1) is 6.92 Å². The van der Waals surface area contributed by atoms with E-state index in [4.69, 9.17) is 4.74 Å². The summed E-state index contributed by atoms with van der Waals surface area (Å²) in [4.78, 5) is 13.2. The zero-order chi connectivity index (χ0) is 14.4. The van der Waals surface area contributed by atoms with Crippen LogP contribution in [-0.2, 0) is 4.74 Å². The maximum atomic E-state index is 12.3. The predicted octanol–water partition coefficient (Wildman–Crippen LogP) is 3.94. The lowest BCUT2D eigenvalue weighted by atomic mass is 10.2. The molecule has 2 aromatic rings.